The number of rotatable bonds is 8. The first-order valence-electron chi connectivity index (χ1n) is 10.5. The Balaban J connectivity index is 0.00000420. The molecule has 1 saturated heterocycles. The van der Waals surface area contributed by atoms with E-state index in [1.165, 1.54) is 19.3 Å². The molecule has 1 aromatic carbocycles. The topological polar surface area (TPSA) is 60.0 Å². The second kappa shape index (κ2) is 13.1. The van der Waals surface area contributed by atoms with Gasteiger partial charge in [0, 0.05) is 32.4 Å². The standard InChI is InChI=1S/C22H37N5O.HI/c1-6-18(7-2)19-11-12-27(15-19)22(23-3)24-14-17-9-8-10-20(13-17)25-21(28)16-26(4)5;/h8-10,13,18-19H,6-7,11-12,14-16H2,1-5H3,(H,23,24)(H,25,28);1H. The van der Waals surface area contributed by atoms with Crippen LogP contribution >= 0.6 is 24.0 Å². The average molecular weight is 515 g/mol. The van der Waals surface area contributed by atoms with E-state index in [0.29, 0.717) is 13.1 Å². The molecule has 1 aliphatic rings. The Hall–Kier alpha value is -1.35. The van der Waals surface area contributed by atoms with Gasteiger partial charge in [0.2, 0.25) is 5.91 Å². The minimum Gasteiger partial charge on any atom is -0.352 e. The third-order valence-electron chi connectivity index (χ3n) is 5.57. The highest BCUT2D eigenvalue weighted by atomic mass is 127. The predicted molar refractivity (Wildman–Crippen MR) is 133 cm³/mol. The summed E-state index contributed by atoms with van der Waals surface area (Å²) in [7, 11) is 5.63. The van der Waals surface area contributed by atoms with Crippen LogP contribution in [0.4, 0.5) is 5.69 Å². The maximum atomic E-state index is 12.0. The molecule has 0 bridgehead atoms. The number of nitrogens with one attached hydrogen (secondary N) is 2. The number of amides is 1. The largest absolute Gasteiger partial charge is 0.352 e. The van der Waals surface area contributed by atoms with Crippen LogP contribution in [0.2, 0.25) is 0 Å². The molecule has 1 heterocycles. The SMILES string of the molecule is CCC(CC)C1CCN(C(=NC)NCc2cccc(NC(=O)CN(C)C)c2)C1.I. The van der Waals surface area contributed by atoms with Crippen LogP contribution in [-0.2, 0) is 11.3 Å². The summed E-state index contributed by atoms with van der Waals surface area (Å²) in [4.78, 5) is 20.7. The van der Waals surface area contributed by atoms with Crippen LogP contribution < -0.4 is 10.6 Å². The summed E-state index contributed by atoms with van der Waals surface area (Å²) in [6.07, 6.45) is 3.77. The Bertz CT molecular complexity index is 660. The van der Waals surface area contributed by atoms with Gasteiger partial charge in [-0.2, -0.15) is 0 Å². The number of likely N-dealkylation sites (N-methyl/N-ethyl adjacent to an activating group) is 1. The van der Waals surface area contributed by atoms with Gasteiger partial charge < -0.3 is 20.4 Å². The van der Waals surface area contributed by atoms with E-state index in [0.717, 1.165) is 42.1 Å². The number of nitrogens with zero attached hydrogens (tertiary/aromatic N) is 3. The van der Waals surface area contributed by atoms with E-state index in [4.69, 9.17) is 0 Å². The zero-order chi connectivity index (χ0) is 20.5. The number of guanidine groups is 1. The monoisotopic (exact) mass is 515 g/mol. The maximum absolute atomic E-state index is 12.0. The van der Waals surface area contributed by atoms with Crippen LogP contribution in [0.15, 0.2) is 29.3 Å². The summed E-state index contributed by atoms with van der Waals surface area (Å²) in [5, 5.41) is 6.44. The van der Waals surface area contributed by atoms with E-state index in [-0.39, 0.29) is 29.9 Å². The molecule has 1 unspecified atom stereocenters. The highest BCUT2D eigenvalue weighted by Crippen LogP contribution is 2.28. The Kier molecular flexibility index (Phi) is 11.6. The van der Waals surface area contributed by atoms with E-state index >= 15 is 0 Å². The summed E-state index contributed by atoms with van der Waals surface area (Å²) in [6, 6.07) is 7.99. The number of hydrogen-bond acceptors (Lipinski definition) is 3. The zero-order valence-corrected chi connectivity index (χ0v) is 20.9. The van der Waals surface area contributed by atoms with Gasteiger partial charge >= 0.3 is 0 Å². The molecule has 1 aromatic rings. The van der Waals surface area contributed by atoms with Crippen molar-refractivity contribution in [3.05, 3.63) is 29.8 Å². The third kappa shape index (κ3) is 8.12. The summed E-state index contributed by atoms with van der Waals surface area (Å²) in [5.74, 6) is 2.54. The van der Waals surface area contributed by atoms with Gasteiger partial charge in [-0.3, -0.25) is 9.79 Å². The van der Waals surface area contributed by atoms with Crippen molar-refractivity contribution in [2.24, 2.45) is 16.8 Å². The van der Waals surface area contributed by atoms with Crippen LogP contribution in [0.3, 0.4) is 0 Å². The fourth-order valence-electron chi connectivity index (χ4n) is 4.08. The lowest BCUT2D eigenvalue weighted by Crippen LogP contribution is -2.40. The van der Waals surface area contributed by atoms with E-state index in [9.17, 15) is 4.79 Å². The highest BCUT2D eigenvalue weighted by Gasteiger charge is 2.29. The molecule has 0 radical (unpaired) electrons. The van der Waals surface area contributed by atoms with E-state index in [1.54, 1.807) is 0 Å². The lowest BCUT2D eigenvalue weighted by Gasteiger charge is -2.24. The van der Waals surface area contributed by atoms with Crippen LogP contribution in [0.1, 0.15) is 38.7 Å². The second-order valence-corrected chi connectivity index (χ2v) is 7.96. The molecule has 7 heteroatoms. The minimum absolute atomic E-state index is 0. The van der Waals surface area contributed by atoms with Crippen LogP contribution in [-0.4, -0.2) is 62.4 Å². The predicted octanol–water partition coefficient (Wildman–Crippen LogP) is 3.64. The summed E-state index contributed by atoms with van der Waals surface area (Å²) < 4.78 is 0. The number of benzene rings is 1. The molecule has 0 saturated carbocycles. The highest BCUT2D eigenvalue weighted by molar-refractivity contribution is 14.0. The fraction of sp³-hybridized carbons (Fsp3) is 0.636. The van der Waals surface area contributed by atoms with Crippen molar-refractivity contribution in [3.63, 3.8) is 0 Å². The molecule has 1 aliphatic heterocycles. The number of anilines is 1. The van der Waals surface area contributed by atoms with Crippen LogP contribution in [0, 0.1) is 11.8 Å². The van der Waals surface area contributed by atoms with Crippen molar-refractivity contribution in [2.45, 2.75) is 39.7 Å². The van der Waals surface area contributed by atoms with Crippen LogP contribution in [0.25, 0.3) is 0 Å². The fourth-order valence-corrected chi connectivity index (χ4v) is 4.08. The maximum Gasteiger partial charge on any atom is 0.238 e. The van der Waals surface area contributed by atoms with Gasteiger partial charge in [0.1, 0.15) is 0 Å². The van der Waals surface area contributed by atoms with Crippen molar-refractivity contribution in [1.29, 1.82) is 0 Å². The molecule has 2 rings (SSSR count). The molecule has 0 spiro atoms. The molecule has 29 heavy (non-hydrogen) atoms. The van der Waals surface area contributed by atoms with Gasteiger partial charge in [-0.25, -0.2) is 0 Å². The zero-order valence-electron chi connectivity index (χ0n) is 18.6. The summed E-state index contributed by atoms with van der Waals surface area (Å²) in [6.45, 7) is 7.83. The molecule has 0 aliphatic carbocycles. The average Bonchev–Trinajstić information content (AvgIpc) is 3.12. The van der Waals surface area contributed by atoms with Crippen molar-refractivity contribution in [3.8, 4) is 0 Å². The van der Waals surface area contributed by atoms with E-state index in [1.807, 2.05) is 44.2 Å². The van der Waals surface area contributed by atoms with Crippen molar-refractivity contribution in [2.75, 3.05) is 46.1 Å². The number of hydrogen-bond donors (Lipinski definition) is 2. The van der Waals surface area contributed by atoms with Gasteiger partial charge in [0.05, 0.1) is 6.54 Å². The van der Waals surface area contributed by atoms with Gasteiger partial charge in [-0.1, -0.05) is 38.8 Å². The Morgan fingerprint density at radius 2 is 2.03 bits per heavy atom. The Morgan fingerprint density at radius 3 is 2.66 bits per heavy atom. The molecular weight excluding hydrogens is 477 g/mol. The first kappa shape index (κ1) is 25.7. The normalized spacial score (nSPS) is 16.9. The van der Waals surface area contributed by atoms with Gasteiger partial charge in [0.15, 0.2) is 5.96 Å². The minimum atomic E-state index is -0.00423. The van der Waals surface area contributed by atoms with Gasteiger partial charge in [-0.15, -0.1) is 24.0 Å². The molecule has 164 valence electrons. The van der Waals surface area contributed by atoms with Crippen LogP contribution in [0.5, 0.6) is 0 Å². The van der Waals surface area contributed by atoms with Crippen molar-refractivity contribution in [1.82, 2.24) is 15.1 Å². The van der Waals surface area contributed by atoms with Crippen molar-refractivity contribution < 1.29 is 4.79 Å². The molecule has 0 aromatic heterocycles. The Morgan fingerprint density at radius 1 is 1.31 bits per heavy atom. The molecule has 1 fully saturated rings. The lowest BCUT2D eigenvalue weighted by molar-refractivity contribution is -0.116. The quantitative estimate of drug-likeness (QED) is 0.316. The molecular formula is C22H38IN5O. The molecule has 2 N–H and O–H groups in total. The first-order chi connectivity index (χ1) is 13.5. The number of carbonyl (C=O) groups is 1. The summed E-state index contributed by atoms with van der Waals surface area (Å²) in [5.41, 5.74) is 1.95. The number of carbonyl (C=O) groups excluding carboxylic acids is 1. The number of halogens is 1. The molecule has 1 amide bonds. The summed E-state index contributed by atoms with van der Waals surface area (Å²) >= 11 is 0. The lowest BCUT2D eigenvalue weighted by atomic mass is 9.87. The van der Waals surface area contributed by atoms with E-state index in [2.05, 4.69) is 40.4 Å². The van der Waals surface area contributed by atoms with Gasteiger partial charge in [-0.05, 0) is 50.0 Å². The second-order valence-electron chi connectivity index (χ2n) is 7.96. The van der Waals surface area contributed by atoms with Gasteiger partial charge in [0.25, 0.3) is 0 Å². The molecule has 1 atom stereocenters. The van der Waals surface area contributed by atoms with Crippen molar-refractivity contribution >= 4 is 41.5 Å². The third-order valence-corrected chi connectivity index (χ3v) is 5.57. The molecule has 6 nitrogen and oxygen atoms in total. The smallest absolute Gasteiger partial charge is 0.238 e. The number of likely N-dealkylation sites (tertiary alicyclic amines) is 1. The Labute approximate surface area is 193 Å². The van der Waals surface area contributed by atoms with E-state index < -0.39 is 0 Å². The number of aliphatic imine (C=N–C) groups is 1. The first-order valence-corrected chi connectivity index (χ1v) is 10.5.